The molecule has 12 heteroatoms. The first-order chi connectivity index (χ1) is 18.5. The number of carboxylic acid groups (broad SMARTS) is 1. The molecule has 0 spiro atoms. The zero-order valence-electron chi connectivity index (χ0n) is 21.5. The highest BCUT2D eigenvalue weighted by Crippen LogP contribution is 2.19. The fourth-order valence-corrected chi connectivity index (χ4v) is 4.03. The van der Waals surface area contributed by atoms with E-state index in [1.807, 2.05) is 24.3 Å². The number of aliphatic carboxylic acids is 1. The lowest BCUT2D eigenvalue weighted by Gasteiger charge is -2.25. The van der Waals surface area contributed by atoms with Gasteiger partial charge in [0, 0.05) is 23.5 Å². The van der Waals surface area contributed by atoms with Crippen LogP contribution in [0.1, 0.15) is 25.0 Å². The SMILES string of the molecule is CC(NC(=O)C(N)Cc1ccc(O)cc1)C(=O)NC(C(=O)NC(Cc1c[nH]c2ccccc12)C(=O)O)C(C)O. The van der Waals surface area contributed by atoms with Gasteiger partial charge in [0.1, 0.15) is 23.9 Å². The van der Waals surface area contributed by atoms with Gasteiger partial charge in [-0.3, -0.25) is 14.4 Å². The van der Waals surface area contributed by atoms with Crippen molar-refractivity contribution in [3.8, 4) is 5.75 Å². The molecule has 3 aromatic rings. The number of aliphatic hydroxyl groups excluding tert-OH is 1. The second kappa shape index (κ2) is 12.9. The van der Waals surface area contributed by atoms with Crippen LogP contribution in [0, 0.1) is 0 Å². The zero-order valence-corrected chi connectivity index (χ0v) is 21.5. The number of rotatable bonds is 12. The number of fused-ring (bicyclic) bond motifs is 1. The lowest BCUT2D eigenvalue weighted by molar-refractivity contribution is -0.143. The first-order valence-electron chi connectivity index (χ1n) is 12.4. The molecule has 5 atom stereocenters. The quantitative estimate of drug-likeness (QED) is 0.156. The molecule has 39 heavy (non-hydrogen) atoms. The predicted molar refractivity (Wildman–Crippen MR) is 143 cm³/mol. The number of nitrogens with one attached hydrogen (secondary N) is 4. The topological polar surface area (TPSA) is 207 Å². The van der Waals surface area contributed by atoms with Gasteiger partial charge in [-0.15, -0.1) is 0 Å². The number of aromatic nitrogens is 1. The molecule has 9 N–H and O–H groups in total. The van der Waals surface area contributed by atoms with Crippen LogP contribution in [0.5, 0.6) is 5.75 Å². The van der Waals surface area contributed by atoms with Crippen molar-refractivity contribution >= 4 is 34.6 Å². The van der Waals surface area contributed by atoms with Gasteiger partial charge >= 0.3 is 5.97 Å². The van der Waals surface area contributed by atoms with Crippen LogP contribution in [0.2, 0.25) is 0 Å². The standard InChI is InChI=1S/C27H33N5O7/c1-14(30-25(36)20(28)11-16-7-9-18(34)10-8-16)24(35)32-23(15(2)33)26(37)31-22(27(38)39)12-17-13-29-21-6-4-3-5-19(17)21/h3-10,13-15,20,22-23,29,33-34H,11-12,28H2,1-2H3,(H,30,36)(H,31,37)(H,32,35)(H,38,39). The van der Waals surface area contributed by atoms with E-state index >= 15 is 0 Å². The average Bonchev–Trinajstić information content (AvgIpc) is 3.30. The Kier molecular flexibility index (Phi) is 9.63. The van der Waals surface area contributed by atoms with Gasteiger partial charge in [-0.1, -0.05) is 30.3 Å². The summed E-state index contributed by atoms with van der Waals surface area (Å²) in [4.78, 5) is 53.1. The van der Waals surface area contributed by atoms with Crippen molar-refractivity contribution < 1.29 is 34.5 Å². The number of phenolic OH excluding ortho intramolecular Hbond substituents is 1. The smallest absolute Gasteiger partial charge is 0.326 e. The predicted octanol–water partition coefficient (Wildman–Crippen LogP) is -0.0743. The molecule has 1 aromatic heterocycles. The number of carbonyl (C=O) groups excluding carboxylic acids is 3. The minimum absolute atomic E-state index is 0.0308. The van der Waals surface area contributed by atoms with Crippen LogP contribution < -0.4 is 21.7 Å². The number of nitrogens with two attached hydrogens (primary N) is 1. The van der Waals surface area contributed by atoms with Crippen molar-refractivity contribution in [1.82, 2.24) is 20.9 Å². The highest BCUT2D eigenvalue weighted by atomic mass is 16.4. The maximum Gasteiger partial charge on any atom is 0.326 e. The highest BCUT2D eigenvalue weighted by Gasteiger charge is 2.32. The van der Waals surface area contributed by atoms with Crippen LogP contribution in [0.4, 0.5) is 0 Å². The van der Waals surface area contributed by atoms with Crippen molar-refractivity contribution in [2.24, 2.45) is 5.73 Å². The minimum Gasteiger partial charge on any atom is -0.508 e. The molecule has 1 heterocycles. The summed E-state index contributed by atoms with van der Waals surface area (Å²) in [5.74, 6) is -3.50. The molecule has 0 bridgehead atoms. The van der Waals surface area contributed by atoms with Crippen LogP contribution in [-0.2, 0) is 32.0 Å². The maximum atomic E-state index is 12.9. The van der Waals surface area contributed by atoms with E-state index in [0.717, 1.165) is 10.9 Å². The third-order valence-electron chi connectivity index (χ3n) is 6.26. The van der Waals surface area contributed by atoms with Gasteiger partial charge in [0.25, 0.3) is 0 Å². The molecule has 0 aliphatic carbocycles. The third-order valence-corrected chi connectivity index (χ3v) is 6.26. The van der Waals surface area contributed by atoms with E-state index < -0.39 is 54.0 Å². The van der Waals surface area contributed by atoms with Gasteiger partial charge in [0.05, 0.1) is 12.1 Å². The fraction of sp³-hybridized carbons (Fsp3) is 0.333. The Balaban J connectivity index is 1.59. The van der Waals surface area contributed by atoms with E-state index in [2.05, 4.69) is 20.9 Å². The number of aromatic hydroxyl groups is 1. The van der Waals surface area contributed by atoms with E-state index in [4.69, 9.17) is 5.73 Å². The Bertz CT molecular complexity index is 1320. The molecular weight excluding hydrogens is 506 g/mol. The van der Waals surface area contributed by atoms with E-state index in [9.17, 15) is 34.5 Å². The number of carboxylic acids is 1. The molecule has 12 nitrogen and oxygen atoms in total. The van der Waals surface area contributed by atoms with Crippen LogP contribution in [0.3, 0.4) is 0 Å². The number of H-pyrrole nitrogens is 1. The van der Waals surface area contributed by atoms with E-state index in [0.29, 0.717) is 11.1 Å². The van der Waals surface area contributed by atoms with E-state index in [1.165, 1.54) is 26.0 Å². The van der Waals surface area contributed by atoms with Gasteiger partial charge in [-0.2, -0.15) is 0 Å². The molecule has 0 radical (unpaired) electrons. The van der Waals surface area contributed by atoms with Crippen molar-refractivity contribution in [1.29, 1.82) is 0 Å². The number of amides is 3. The molecule has 0 fully saturated rings. The first kappa shape index (κ1) is 29.1. The molecule has 208 valence electrons. The zero-order chi connectivity index (χ0) is 28.7. The number of para-hydroxylation sites is 1. The third kappa shape index (κ3) is 7.79. The summed E-state index contributed by atoms with van der Waals surface area (Å²) in [6, 6.07) is 8.58. The summed E-state index contributed by atoms with van der Waals surface area (Å²) in [5.41, 5.74) is 8.14. The Hall–Kier alpha value is -4.42. The van der Waals surface area contributed by atoms with Gasteiger partial charge in [0.2, 0.25) is 17.7 Å². The van der Waals surface area contributed by atoms with Crippen molar-refractivity contribution in [3.63, 3.8) is 0 Å². The second-order valence-electron chi connectivity index (χ2n) is 9.40. The summed E-state index contributed by atoms with van der Waals surface area (Å²) in [6.07, 6.45) is 0.428. The Labute approximate surface area is 224 Å². The van der Waals surface area contributed by atoms with Crippen LogP contribution >= 0.6 is 0 Å². The summed E-state index contributed by atoms with van der Waals surface area (Å²) < 4.78 is 0. The Morgan fingerprint density at radius 3 is 2.21 bits per heavy atom. The van der Waals surface area contributed by atoms with Gasteiger partial charge in [0.15, 0.2) is 0 Å². The van der Waals surface area contributed by atoms with Crippen LogP contribution in [0.15, 0.2) is 54.7 Å². The molecule has 0 saturated heterocycles. The van der Waals surface area contributed by atoms with Crippen LogP contribution in [0.25, 0.3) is 10.9 Å². The van der Waals surface area contributed by atoms with Crippen molar-refractivity contribution in [2.45, 2.75) is 57.0 Å². The van der Waals surface area contributed by atoms with E-state index in [-0.39, 0.29) is 18.6 Å². The highest BCUT2D eigenvalue weighted by molar-refractivity contribution is 5.94. The lowest BCUT2D eigenvalue weighted by atomic mass is 10.0. The number of hydrogen-bond donors (Lipinski definition) is 8. The molecule has 3 amide bonds. The number of phenols is 1. The molecule has 0 aliphatic rings. The molecule has 5 unspecified atom stereocenters. The monoisotopic (exact) mass is 539 g/mol. The number of carbonyl (C=O) groups is 4. The van der Waals surface area contributed by atoms with Crippen molar-refractivity contribution in [3.05, 3.63) is 65.9 Å². The molecule has 2 aromatic carbocycles. The summed E-state index contributed by atoms with van der Waals surface area (Å²) in [5, 5.41) is 37.3. The minimum atomic E-state index is -1.48. The fourth-order valence-electron chi connectivity index (χ4n) is 4.03. The summed E-state index contributed by atoms with van der Waals surface area (Å²) in [7, 11) is 0. The van der Waals surface area contributed by atoms with Gasteiger partial charge in [-0.25, -0.2) is 4.79 Å². The normalized spacial score (nSPS) is 15.0. The molecule has 0 saturated carbocycles. The second-order valence-corrected chi connectivity index (χ2v) is 9.40. The van der Waals surface area contributed by atoms with Gasteiger partial charge < -0.3 is 42.0 Å². The molecular formula is C27H33N5O7. The molecule has 3 rings (SSSR count). The largest absolute Gasteiger partial charge is 0.508 e. The Morgan fingerprint density at radius 2 is 1.56 bits per heavy atom. The van der Waals surface area contributed by atoms with Gasteiger partial charge in [-0.05, 0) is 49.6 Å². The Morgan fingerprint density at radius 1 is 0.897 bits per heavy atom. The lowest BCUT2D eigenvalue weighted by Crippen LogP contribution is -2.59. The number of hydrogen-bond acceptors (Lipinski definition) is 7. The number of benzene rings is 2. The first-order valence-corrected chi connectivity index (χ1v) is 12.4. The van der Waals surface area contributed by atoms with Crippen molar-refractivity contribution in [2.75, 3.05) is 0 Å². The average molecular weight is 540 g/mol. The summed E-state index contributed by atoms with van der Waals surface area (Å²) in [6.45, 7) is 2.66. The number of aliphatic hydroxyl groups is 1. The van der Waals surface area contributed by atoms with Crippen LogP contribution in [-0.4, -0.2) is 74.3 Å². The number of aromatic amines is 1. The summed E-state index contributed by atoms with van der Waals surface area (Å²) >= 11 is 0. The maximum absolute atomic E-state index is 12.9. The molecule has 0 aliphatic heterocycles. The van der Waals surface area contributed by atoms with E-state index in [1.54, 1.807) is 18.3 Å².